The van der Waals surface area contributed by atoms with Crippen LogP contribution < -0.4 is 14.8 Å². The minimum Gasteiger partial charge on any atom is -0.459 e. The van der Waals surface area contributed by atoms with Crippen LogP contribution in [-0.4, -0.2) is 35.0 Å². The highest BCUT2D eigenvalue weighted by molar-refractivity contribution is 5.95. The van der Waals surface area contributed by atoms with Gasteiger partial charge in [0.05, 0.1) is 6.26 Å². The van der Waals surface area contributed by atoms with E-state index < -0.39 is 0 Å². The van der Waals surface area contributed by atoms with Gasteiger partial charge >= 0.3 is 0 Å². The summed E-state index contributed by atoms with van der Waals surface area (Å²) in [7, 11) is 0. The largest absolute Gasteiger partial charge is 0.459 e. The number of hydrogen-bond donors (Lipinski definition) is 1. The predicted octanol–water partition coefficient (Wildman–Crippen LogP) is 3.15. The van der Waals surface area contributed by atoms with E-state index in [2.05, 4.69) is 10.3 Å². The Kier molecular flexibility index (Phi) is 5.05. The molecule has 0 saturated carbocycles. The minimum atomic E-state index is -0.193. The number of nitrogens with one attached hydrogen (secondary N) is 1. The van der Waals surface area contributed by atoms with Crippen LogP contribution in [0, 0.1) is 13.8 Å². The highest BCUT2D eigenvalue weighted by Gasteiger charge is 2.27. The second kappa shape index (κ2) is 8.03. The number of carbonyl (C=O) groups is 2. The molecule has 0 atom stereocenters. The molecule has 8 heteroatoms. The third-order valence-electron chi connectivity index (χ3n) is 6.00. The van der Waals surface area contributed by atoms with Gasteiger partial charge in [0.1, 0.15) is 0 Å². The quantitative estimate of drug-likeness (QED) is 0.679. The smallest absolute Gasteiger partial charge is 0.290 e. The molecular weight excluding hydrogens is 410 g/mol. The first-order chi connectivity index (χ1) is 15.5. The maximum absolute atomic E-state index is 12.8. The number of rotatable bonds is 4. The monoisotopic (exact) mass is 433 g/mol. The Bertz CT molecular complexity index is 1220. The van der Waals surface area contributed by atoms with Gasteiger partial charge in [-0.3, -0.25) is 14.6 Å². The molecule has 0 fully saturated rings. The SMILES string of the molecule is Cc1ccoc1C(=O)N1CCc2c(cnc(C)c2CNC(=O)c2ccc3c(c2)OCO3)C1. The molecule has 2 aliphatic rings. The Labute approximate surface area is 185 Å². The lowest BCUT2D eigenvalue weighted by atomic mass is 9.94. The molecule has 0 radical (unpaired) electrons. The van der Waals surface area contributed by atoms with Gasteiger partial charge in [-0.2, -0.15) is 0 Å². The molecule has 0 bridgehead atoms. The van der Waals surface area contributed by atoms with Crippen LogP contribution in [0.15, 0.2) is 41.1 Å². The van der Waals surface area contributed by atoms with Gasteiger partial charge < -0.3 is 24.1 Å². The van der Waals surface area contributed by atoms with Gasteiger partial charge in [0.25, 0.3) is 11.8 Å². The fraction of sp³-hybridized carbons (Fsp3) is 0.292. The fourth-order valence-corrected chi connectivity index (χ4v) is 4.17. The van der Waals surface area contributed by atoms with Crippen molar-refractivity contribution in [3.05, 3.63) is 76.0 Å². The number of nitrogens with zero attached hydrogens (tertiary/aromatic N) is 2. The highest BCUT2D eigenvalue weighted by Crippen LogP contribution is 2.32. The first-order valence-corrected chi connectivity index (χ1v) is 10.5. The van der Waals surface area contributed by atoms with E-state index in [0.717, 1.165) is 27.9 Å². The predicted molar refractivity (Wildman–Crippen MR) is 115 cm³/mol. The average molecular weight is 433 g/mol. The molecule has 1 N–H and O–H groups in total. The molecule has 2 aliphatic heterocycles. The Balaban J connectivity index is 1.31. The van der Waals surface area contributed by atoms with Crippen molar-refractivity contribution in [2.45, 2.75) is 33.4 Å². The lowest BCUT2D eigenvalue weighted by molar-refractivity contribution is 0.0700. The van der Waals surface area contributed by atoms with Crippen molar-refractivity contribution in [2.24, 2.45) is 0 Å². The number of aromatic nitrogens is 1. The van der Waals surface area contributed by atoms with Crippen LogP contribution >= 0.6 is 0 Å². The molecule has 2 amide bonds. The average Bonchev–Trinajstić information content (AvgIpc) is 3.45. The van der Waals surface area contributed by atoms with Gasteiger partial charge in [-0.25, -0.2) is 0 Å². The molecular formula is C24H23N3O5. The minimum absolute atomic E-state index is 0.114. The maximum atomic E-state index is 12.8. The summed E-state index contributed by atoms with van der Waals surface area (Å²) in [6, 6.07) is 6.93. The number of amides is 2. The van der Waals surface area contributed by atoms with Gasteiger partial charge in [-0.1, -0.05) is 0 Å². The zero-order valence-corrected chi connectivity index (χ0v) is 17.9. The van der Waals surface area contributed by atoms with Crippen molar-refractivity contribution >= 4 is 11.8 Å². The van der Waals surface area contributed by atoms with Crippen LogP contribution in [0.5, 0.6) is 11.5 Å². The first-order valence-electron chi connectivity index (χ1n) is 10.5. The summed E-state index contributed by atoms with van der Waals surface area (Å²) in [5, 5.41) is 2.99. The Morgan fingerprint density at radius 3 is 2.81 bits per heavy atom. The number of carbonyl (C=O) groups excluding carboxylic acids is 2. The van der Waals surface area contributed by atoms with E-state index in [1.165, 1.54) is 6.26 Å². The zero-order valence-electron chi connectivity index (χ0n) is 17.9. The third-order valence-corrected chi connectivity index (χ3v) is 6.00. The Morgan fingerprint density at radius 1 is 1.16 bits per heavy atom. The zero-order chi connectivity index (χ0) is 22.2. The van der Waals surface area contributed by atoms with Crippen molar-refractivity contribution in [1.29, 1.82) is 0 Å². The first kappa shape index (κ1) is 20.1. The molecule has 0 unspecified atom stereocenters. The molecule has 0 aliphatic carbocycles. The number of furan rings is 1. The summed E-state index contributed by atoms with van der Waals surface area (Å²) >= 11 is 0. The van der Waals surface area contributed by atoms with Crippen molar-refractivity contribution in [3.63, 3.8) is 0 Å². The topological polar surface area (TPSA) is 93.9 Å². The lowest BCUT2D eigenvalue weighted by Gasteiger charge is -2.30. The highest BCUT2D eigenvalue weighted by atomic mass is 16.7. The number of hydrogen-bond acceptors (Lipinski definition) is 6. The molecule has 164 valence electrons. The molecule has 2 aromatic heterocycles. The van der Waals surface area contributed by atoms with Gasteiger partial charge in [0.2, 0.25) is 6.79 Å². The normalized spacial score (nSPS) is 14.2. The van der Waals surface area contributed by atoms with Crippen LogP contribution in [0.25, 0.3) is 0 Å². The second-order valence-corrected chi connectivity index (χ2v) is 7.99. The molecule has 5 rings (SSSR count). The van der Waals surface area contributed by atoms with Gasteiger partial charge in [0.15, 0.2) is 17.3 Å². The van der Waals surface area contributed by atoms with E-state index >= 15 is 0 Å². The number of fused-ring (bicyclic) bond motifs is 2. The summed E-state index contributed by atoms with van der Waals surface area (Å²) in [4.78, 5) is 31.8. The number of ether oxygens (including phenoxy) is 2. The number of benzene rings is 1. The van der Waals surface area contributed by atoms with E-state index in [1.54, 1.807) is 29.2 Å². The molecule has 4 heterocycles. The third kappa shape index (κ3) is 3.57. The second-order valence-electron chi connectivity index (χ2n) is 7.99. The van der Waals surface area contributed by atoms with E-state index in [4.69, 9.17) is 13.9 Å². The Morgan fingerprint density at radius 2 is 2.00 bits per heavy atom. The van der Waals surface area contributed by atoms with Crippen molar-refractivity contribution in [1.82, 2.24) is 15.2 Å². The van der Waals surface area contributed by atoms with Crippen molar-refractivity contribution in [3.8, 4) is 11.5 Å². The van der Waals surface area contributed by atoms with E-state index in [1.807, 2.05) is 20.0 Å². The Hall–Kier alpha value is -3.81. The summed E-state index contributed by atoms with van der Waals surface area (Å²) in [5.74, 6) is 1.29. The summed E-state index contributed by atoms with van der Waals surface area (Å²) in [5.41, 5.74) is 5.34. The van der Waals surface area contributed by atoms with Crippen LogP contribution in [0.3, 0.4) is 0 Å². The number of pyridine rings is 1. The molecule has 0 saturated heterocycles. The fourth-order valence-electron chi connectivity index (χ4n) is 4.17. The molecule has 3 aromatic rings. The molecule has 1 aromatic carbocycles. The lowest BCUT2D eigenvalue weighted by Crippen LogP contribution is -2.37. The summed E-state index contributed by atoms with van der Waals surface area (Å²) in [6.45, 7) is 5.37. The van der Waals surface area contributed by atoms with E-state index in [-0.39, 0.29) is 18.6 Å². The standard InChI is InChI=1S/C24H23N3O5/c1-14-6-8-30-22(14)24(29)27-7-5-18-17(12-27)10-25-15(2)19(18)11-26-23(28)16-3-4-20-21(9-16)32-13-31-20/h3-4,6,8-10H,5,7,11-13H2,1-2H3,(H,26,28). The van der Waals surface area contributed by atoms with E-state index in [9.17, 15) is 9.59 Å². The molecule has 32 heavy (non-hydrogen) atoms. The van der Waals surface area contributed by atoms with Gasteiger partial charge in [0, 0.05) is 42.7 Å². The maximum Gasteiger partial charge on any atom is 0.290 e. The van der Waals surface area contributed by atoms with Crippen LogP contribution in [0.2, 0.25) is 0 Å². The van der Waals surface area contributed by atoms with Gasteiger partial charge in [-0.15, -0.1) is 0 Å². The van der Waals surface area contributed by atoms with Crippen molar-refractivity contribution in [2.75, 3.05) is 13.3 Å². The molecule has 0 spiro atoms. The molecule has 8 nitrogen and oxygen atoms in total. The van der Waals surface area contributed by atoms with Crippen LogP contribution in [0.4, 0.5) is 0 Å². The van der Waals surface area contributed by atoms with Crippen LogP contribution in [-0.2, 0) is 19.5 Å². The summed E-state index contributed by atoms with van der Waals surface area (Å²) in [6.07, 6.45) is 4.05. The summed E-state index contributed by atoms with van der Waals surface area (Å²) < 4.78 is 16.0. The number of aryl methyl sites for hydroxylation is 2. The van der Waals surface area contributed by atoms with Gasteiger partial charge in [-0.05, 0) is 61.2 Å². The van der Waals surface area contributed by atoms with Crippen LogP contribution in [0.1, 0.15) is 48.9 Å². The van der Waals surface area contributed by atoms with E-state index in [0.29, 0.717) is 48.9 Å². The van der Waals surface area contributed by atoms with Crippen molar-refractivity contribution < 1.29 is 23.5 Å².